The van der Waals surface area contributed by atoms with Crippen LogP contribution in [-0.4, -0.2) is 35.8 Å². The summed E-state index contributed by atoms with van der Waals surface area (Å²) in [4.78, 5) is 10.9. The smallest absolute Gasteiger partial charge is 0.224 e. The third kappa shape index (κ3) is 2.40. The van der Waals surface area contributed by atoms with Gasteiger partial charge in [0.25, 0.3) is 0 Å². The Morgan fingerprint density at radius 1 is 1.39 bits per heavy atom. The summed E-state index contributed by atoms with van der Waals surface area (Å²) in [6.07, 6.45) is 0. The fraction of sp³-hybridized carbons (Fsp3) is 0.636. The zero-order chi connectivity index (χ0) is 11.8. The Morgan fingerprint density at radius 3 is 3.00 bits per heavy atom. The predicted octanol–water partition coefficient (Wildman–Crippen LogP) is 1.38. The molecule has 7 heteroatoms. The number of halogens is 2. The molecule has 1 atom stereocenters. The summed E-state index contributed by atoms with van der Waals surface area (Å²) in [6, 6.07) is 0.333. The lowest BCUT2D eigenvalue weighted by Crippen LogP contribution is -2.44. The molecular formula is C11H16Cl2N4O. The van der Waals surface area contributed by atoms with Crippen molar-refractivity contribution in [3.8, 4) is 0 Å². The molecule has 3 heterocycles. The second-order valence-corrected chi connectivity index (χ2v) is 4.80. The molecule has 1 N–H and O–H groups in total. The molecule has 2 aliphatic heterocycles. The van der Waals surface area contributed by atoms with Crippen molar-refractivity contribution in [3.63, 3.8) is 0 Å². The number of aromatic nitrogens is 2. The van der Waals surface area contributed by atoms with Crippen LogP contribution in [0.5, 0.6) is 0 Å². The predicted molar refractivity (Wildman–Crippen MR) is 72.5 cm³/mol. The Labute approximate surface area is 117 Å². The van der Waals surface area contributed by atoms with Crippen molar-refractivity contribution < 1.29 is 4.74 Å². The van der Waals surface area contributed by atoms with Crippen molar-refractivity contribution in [2.45, 2.75) is 26.1 Å². The topological polar surface area (TPSA) is 50.3 Å². The molecule has 0 saturated carbocycles. The zero-order valence-corrected chi connectivity index (χ0v) is 11.7. The van der Waals surface area contributed by atoms with Gasteiger partial charge in [0.2, 0.25) is 5.28 Å². The van der Waals surface area contributed by atoms with Crippen molar-refractivity contribution in [2.24, 2.45) is 0 Å². The molecule has 0 radical (unpaired) electrons. The Morgan fingerprint density at radius 2 is 2.22 bits per heavy atom. The van der Waals surface area contributed by atoms with Gasteiger partial charge >= 0.3 is 0 Å². The zero-order valence-electron chi connectivity index (χ0n) is 10.1. The van der Waals surface area contributed by atoms with Crippen LogP contribution in [0, 0.1) is 0 Å². The molecule has 0 amide bonds. The molecule has 0 bridgehead atoms. The third-order valence-corrected chi connectivity index (χ3v) is 3.45. The minimum Gasteiger partial charge on any atom is -0.377 e. The summed E-state index contributed by atoms with van der Waals surface area (Å²) in [5, 5.41) is 3.62. The SMILES string of the molecule is CC1COCCN1c1nc(Cl)nc2c1CNC2.Cl. The number of morpholine rings is 1. The highest BCUT2D eigenvalue weighted by molar-refractivity contribution is 6.28. The molecule has 18 heavy (non-hydrogen) atoms. The Bertz CT molecular complexity index is 443. The van der Waals surface area contributed by atoms with E-state index < -0.39 is 0 Å². The molecule has 1 aromatic heterocycles. The average molecular weight is 291 g/mol. The number of nitrogens with zero attached hydrogens (tertiary/aromatic N) is 3. The summed E-state index contributed by atoms with van der Waals surface area (Å²) in [7, 11) is 0. The van der Waals surface area contributed by atoms with Gasteiger partial charge in [-0.2, -0.15) is 0 Å². The maximum absolute atomic E-state index is 5.99. The monoisotopic (exact) mass is 290 g/mol. The van der Waals surface area contributed by atoms with E-state index in [1.807, 2.05) is 0 Å². The van der Waals surface area contributed by atoms with Gasteiger partial charge in [-0.25, -0.2) is 9.97 Å². The molecule has 5 nitrogen and oxygen atoms in total. The van der Waals surface area contributed by atoms with Crippen LogP contribution in [-0.2, 0) is 17.8 Å². The van der Waals surface area contributed by atoms with Gasteiger partial charge in [0, 0.05) is 25.2 Å². The quantitative estimate of drug-likeness (QED) is 0.792. The molecule has 2 aliphatic rings. The van der Waals surface area contributed by atoms with E-state index in [1.54, 1.807) is 0 Å². The van der Waals surface area contributed by atoms with Gasteiger partial charge in [0.15, 0.2) is 0 Å². The maximum atomic E-state index is 5.99. The summed E-state index contributed by atoms with van der Waals surface area (Å²) in [5.41, 5.74) is 2.21. The maximum Gasteiger partial charge on any atom is 0.224 e. The number of hydrogen-bond acceptors (Lipinski definition) is 5. The van der Waals surface area contributed by atoms with Crippen molar-refractivity contribution >= 4 is 29.8 Å². The molecule has 1 aromatic rings. The van der Waals surface area contributed by atoms with Gasteiger partial charge in [-0.05, 0) is 18.5 Å². The summed E-state index contributed by atoms with van der Waals surface area (Å²) >= 11 is 5.99. The highest BCUT2D eigenvalue weighted by Crippen LogP contribution is 2.28. The van der Waals surface area contributed by atoms with Crippen LogP contribution in [0.3, 0.4) is 0 Å². The van der Waals surface area contributed by atoms with Crippen molar-refractivity contribution in [1.82, 2.24) is 15.3 Å². The first-order valence-electron chi connectivity index (χ1n) is 5.86. The van der Waals surface area contributed by atoms with Crippen LogP contribution in [0.15, 0.2) is 0 Å². The second-order valence-electron chi connectivity index (χ2n) is 4.46. The Kier molecular flexibility index (Phi) is 4.27. The van der Waals surface area contributed by atoms with E-state index in [-0.39, 0.29) is 12.4 Å². The average Bonchev–Trinajstić information content (AvgIpc) is 2.76. The molecule has 0 aliphatic carbocycles. The minimum absolute atomic E-state index is 0. The van der Waals surface area contributed by atoms with Gasteiger partial charge in [-0.15, -0.1) is 12.4 Å². The molecule has 1 unspecified atom stereocenters. The largest absolute Gasteiger partial charge is 0.377 e. The fourth-order valence-electron chi connectivity index (χ4n) is 2.40. The number of ether oxygens (including phenoxy) is 1. The number of anilines is 1. The van der Waals surface area contributed by atoms with Gasteiger partial charge in [-0.3, -0.25) is 0 Å². The molecular weight excluding hydrogens is 275 g/mol. The van der Waals surface area contributed by atoms with Gasteiger partial charge < -0.3 is 15.0 Å². The molecule has 0 aromatic carbocycles. The van der Waals surface area contributed by atoms with Gasteiger partial charge in [-0.1, -0.05) is 0 Å². The minimum atomic E-state index is 0. The van der Waals surface area contributed by atoms with Crippen LogP contribution < -0.4 is 10.2 Å². The molecule has 1 fully saturated rings. The number of fused-ring (bicyclic) bond motifs is 1. The number of nitrogens with one attached hydrogen (secondary N) is 1. The molecule has 100 valence electrons. The van der Waals surface area contributed by atoms with Crippen LogP contribution in [0.4, 0.5) is 5.82 Å². The van der Waals surface area contributed by atoms with E-state index in [0.29, 0.717) is 11.3 Å². The summed E-state index contributed by atoms with van der Waals surface area (Å²) < 4.78 is 5.45. The molecule has 0 spiro atoms. The van der Waals surface area contributed by atoms with Crippen molar-refractivity contribution in [2.75, 3.05) is 24.7 Å². The van der Waals surface area contributed by atoms with Crippen LogP contribution in [0.25, 0.3) is 0 Å². The first-order chi connectivity index (χ1) is 8.25. The summed E-state index contributed by atoms with van der Waals surface area (Å²) in [6.45, 7) is 6.10. The van der Waals surface area contributed by atoms with Crippen molar-refractivity contribution in [1.29, 1.82) is 0 Å². The second kappa shape index (κ2) is 5.57. The Hall–Kier alpha value is -0.620. The van der Waals surface area contributed by atoms with E-state index in [9.17, 15) is 0 Å². The van der Waals surface area contributed by atoms with Crippen LogP contribution in [0.2, 0.25) is 5.28 Å². The lowest BCUT2D eigenvalue weighted by molar-refractivity contribution is 0.0984. The molecule has 3 rings (SSSR count). The Balaban J connectivity index is 0.00000120. The number of rotatable bonds is 1. The van der Waals surface area contributed by atoms with E-state index >= 15 is 0 Å². The van der Waals surface area contributed by atoms with Crippen LogP contribution >= 0.6 is 24.0 Å². The van der Waals surface area contributed by atoms with Crippen molar-refractivity contribution in [3.05, 3.63) is 16.5 Å². The fourth-order valence-corrected chi connectivity index (χ4v) is 2.58. The normalized spacial score (nSPS) is 22.6. The molecule has 1 saturated heterocycles. The first kappa shape index (κ1) is 13.8. The van der Waals surface area contributed by atoms with E-state index in [0.717, 1.165) is 44.4 Å². The third-order valence-electron chi connectivity index (χ3n) is 3.28. The van der Waals surface area contributed by atoms with Crippen LogP contribution in [0.1, 0.15) is 18.2 Å². The van der Waals surface area contributed by atoms with Gasteiger partial charge in [0.05, 0.1) is 24.9 Å². The van der Waals surface area contributed by atoms with E-state index in [4.69, 9.17) is 16.3 Å². The lowest BCUT2D eigenvalue weighted by atomic mass is 10.2. The highest BCUT2D eigenvalue weighted by Gasteiger charge is 2.27. The van der Waals surface area contributed by atoms with Gasteiger partial charge in [0.1, 0.15) is 5.82 Å². The number of hydrogen-bond donors (Lipinski definition) is 1. The van der Waals surface area contributed by atoms with E-state index in [2.05, 4.69) is 27.1 Å². The lowest BCUT2D eigenvalue weighted by Gasteiger charge is -2.35. The standard InChI is InChI=1S/C11H15ClN4O.ClH/c1-7-6-17-3-2-16(7)10-8-4-13-5-9(8)14-11(12)15-10;/h7,13H,2-6H2,1H3;1H. The highest BCUT2D eigenvalue weighted by atomic mass is 35.5. The first-order valence-corrected chi connectivity index (χ1v) is 6.24. The van der Waals surface area contributed by atoms with E-state index in [1.165, 1.54) is 5.56 Å². The summed E-state index contributed by atoms with van der Waals surface area (Å²) in [5.74, 6) is 0.973.